The average Bonchev–Trinajstić information content (AvgIpc) is 3.15. The molecule has 3 aliphatic rings. The van der Waals surface area contributed by atoms with Crippen molar-refractivity contribution < 1.29 is 0 Å². The fraction of sp³-hybridized carbons (Fsp3) is 0.800. The highest BCUT2D eigenvalue weighted by molar-refractivity contribution is 5.30. The van der Waals surface area contributed by atoms with E-state index in [0.29, 0.717) is 12.1 Å². The van der Waals surface area contributed by atoms with Gasteiger partial charge in [-0.05, 0) is 38.6 Å². The maximum Gasteiger partial charge on any atom is 0.203 e. The molecule has 1 aromatic rings. The van der Waals surface area contributed by atoms with Crippen molar-refractivity contribution in [1.29, 1.82) is 0 Å². The van der Waals surface area contributed by atoms with Gasteiger partial charge in [-0.25, -0.2) is 4.98 Å². The highest BCUT2D eigenvalue weighted by atomic mass is 15.3. The Kier molecular flexibility index (Phi) is 2.98. The number of imidazole rings is 1. The minimum Gasteiger partial charge on any atom is -0.351 e. The van der Waals surface area contributed by atoms with Crippen molar-refractivity contribution in [2.45, 2.75) is 63.1 Å². The van der Waals surface area contributed by atoms with E-state index in [2.05, 4.69) is 26.0 Å². The minimum absolute atomic E-state index is 0.616. The van der Waals surface area contributed by atoms with E-state index >= 15 is 0 Å². The quantitative estimate of drug-likeness (QED) is 0.907. The molecule has 4 nitrogen and oxygen atoms in total. The third-order valence-electron chi connectivity index (χ3n) is 5.31. The van der Waals surface area contributed by atoms with Crippen molar-refractivity contribution >= 4 is 5.95 Å². The number of nitrogens with zero attached hydrogens (tertiary/aromatic N) is 3. The average molecular weight is 260 g/mol. The lowest BCUT2D eigenvalue weighted by Crippen LogP contribution is -2.34. The summed E-state index contributed by atoms with van der Waals surface area (Å²) in [5.74, 6) is 1.12. The van der Waals surface area contributed by atoms with E-state index < -0.39 is 0 Å². The number of nitrogens with one attached hydrogen (secondary N) is 1. The molecule has 2 aliphatic heterocycles. The van der Waals surface area contributed by atoms with E-state index in [1.54, 1.807) is 0 Å². The van der Waals surface area contributed by atoms with Gasteiger partial charge in [-0.1, -0.05) is 12.8 Å². The Morgan fingerprint density at radius 1 is 1.05 bits per heavy atom. The number of rotatable bonds is 3. The molecule has 2 unspecified atom stereocenters. The van der Waals surface area contributed by atoms with Gasteiger partial charge in [0.05, 0.1) is 0 Å². The van der Waals surface area contributed by atoms with Crippen LogP contribution in [0.4, 0.5) is 5.95 Å². The Hall–Kier alpha value is -1.03. The zero-order valence-corrected chi connectivity index (χ0v) is 11.6. The molecular formula is C15H24N4. The van der Waals surface area contributed by atoms with Crippen molar-refractivity contribution in [1.82, 2.24) is 14.5 Å². The van der Waals surface area contributed by atoms with Gasteiger partial charge in [0.15, 0.2) is 0 Å². The van der Waals surface area contributed by atoms with Crippen LogP contribution in [-0.2, 0) is 0 Å². The fourth-order valence-corrected chi connectivity index (χ4v) is 4.32. The van der Waals surface area contributed by atoms with Gasteiger partial charge in [-0.3, -0.25) is 4.90 Å². The first kappa shape index (κ1) is 11.8. The highest BCUT2D eigenvalue weighted by Crippen LogP contribution is 2.33. The molecule has 104 valence electrons. The number of anilines is 1. The lowest BCUT2D eigenvalue weighted by molar-refractivity contribution is 0.317. The summed E-state index contributed by atoms with van der Waals surface area (Å²) in [7, 11) is 0. The molecule has 1 saturated carbocycles. The van der Waals surface area contributed by atoms with E-state index in [4.69, 9.17) is 0 Å². The first-order chi connectivity index (χ1) is 9.42. The van der Waals surface area contributed by atoms with Gasteiger partial charge in [-0.15, -0.1) is 0 Å². The smallest absolute Gasteiger partial charge is 0.203 e. The van der Waals surface area contributed by atoms with Crippen LogP contribution in [0.5, 0.6) is 0 Å². The molecule has 0 radical (unpaired) electrons. The summed E-state index contributed by atoms with van der Waals surface area (Å²) in [4.78, 5) is 7.23. The van der Waals surface area contributed by atoms with Gasteiger partial charge in [0.1, 0.15) is 0 Å². The van der Waals surface area contributed by atoms with Crippen LogP contribution in [0, 0.1) is 0 Å². The summed E-state index contributed by atoms with van der Waals surface area (Å²) < 4.78 is 2.39. The Labute approximate surface area is 115 Å². The van der Waals surface area contributed by atoms with E-state index in [9.17, 15) is 0 Å². The third kappa shape index (κ3) is 2.06. The summed E-state index contributed by atoms with van der Waals surface area (Å²) in [6.07, 6.45) is 13.5. The van der Waals surface area contributed by atoms with Crippen LogP contribution in [0.2, 0.25) is 0 Å². The normalized spacial score (nSPS) is 32.0. The van der Waals surface area contributed by atoms with Gasteiger partial charge < -0.3 is 9.88 Å². The predicted molar refractivity (Wildman–Crippen MR) is 76.4 cm³/mol. The second-order valence-corrected chi connectivity index (χ2v) is 6.38. The van der Waals surface area contributed by atoms with Crippen molar-refractivity contribution in [3.63, 3.8) is 0 Å². The van der Waals surface area contributed by atoms with Crippen LogP contribution in [0.3, 0.4) is 0 Å². The van der Waals surface area contributed by atoms with Crippen molar-refractivity contribution in [3.05, 3.63) is 12.4 Å². The minimum atomic E-state index is 0.616. The van der Waals surface area contributed by atoms with E-state index in [1.165, 1.54) is 58.0 Å². The second kappa shape index (κ2) is 4.82. The number of aromatic nitrogens is 2. The molecule has 0 bridgehead atoms. The van der Waals surface area contributed by atoms with Gasteiger partial charge in [0, 0.05) is 37.1 Å². The molecule has 1 aliphatic carbocycles. The Balaban J connectivity index is 1.49. The maximum atomic E-state index is 4.57. The molecule has 1 N–H and O–H groups in total. The van der Waals surface area contributed by atoms with Gasteiger partial charge in [0.2, 0.25) is 5.95 Å². The van der Waals surface area contributed by atoms with Crippen LogP contribution in [0.25, 0.3) is 0 Å². The van der Waals surface area contributed by atoms with Crippen molar-refractivity contribution in [3.8, 4) is 0 Å². The zero-order valence-electron chi connectivity index (χ0n) is 11.6. The third-order valence-corrected chi connectivity index (χ3v) is 5.31. The number of fused-ring (bicyclic) bond motifs is 1. The molecule has 1 aromatic heterocycles. The van der Waals surface area contributed by atoms with Crippen LogP contribution in [0.15, 0.2) is 12.4 Å². The van der Waals surface area contributed by atoms with Crippen molar-refractivity contribution in [2.75, 3.05) is 18.4 Å². The molecule has 2 saturated heterocycles. The van der Waals surface area contributed by atoms with Gasteiger partial charge in [-0.2, -0.15) is 0 Å². The monoisotopic (exact) mass is 260 g/mol. The first-order valence-corrected chi connectivity index (χ1v) is 7.95. The predicted octanol–water partition coefficient (Wildman–Crippen LogP) is 2.65. The van der Waals surface area contributed by atoms with E-state index in [-0.39, 0.29) is 0 Å². The van der Waals surface area contributed by atoms with E-state index in [0.717, 1.165) is 12.0 Å². The molecule has 0 aromatic carbocycles. The van der Waals surface area contributed by atoms with Crippen molar-refractivity contribution in [2.24, 2.45) is 0 Å². The summed E-state index contributed by atoms with van der Waals surface area (Å²) in [6, 6.07) is 2.06. The summed E-state index contributed by atoms with van der Waals surface area (Å²) in [6.45, 7) is 2.58. The fourth-order valence-electron chi connectivity index (χ4n) is 4.32. The Bertz CT molecular complexity index is 435. The zero-order chi connectivity index (χ0) is 12.7. The molecule has 3 fully saturated rings. The van der Waals surface area contributed by atoms with Crippen LogP contribution in [0.1, 0.15) is 51.0 Å². The molecule has 19 heavy (non-hydrogen) atoms. The Morgan fingerprint density at radius 3 is 2.84 bits per heavy atom. The highest BCUT2D eigenvalue weighted by Gasteiger charge is 2.37. The molecule has 0 amide bonds. The van der Waals surface area contributed by atoms with Crippen LogP contribution >= 0.6 is 0 Å². The summed E-state index contributed by atoms with van der Waals surface area (Å²) >= 11 is 0. The molecule has 4 rings (SSSR count). The number of hydrogen-bond acceptors (Lipinski definition) is 3. The molecule has 2 atom stereocenters. The summed E-state index contributed by atoms with van der Waals surface area (Å²) in [5, 5.41) is 3.75. The van der Waals surface area contributed by atoms with Crippen LogP contribution < -0.4 is 5.32 Å². The van der Waals surface area contributed by atoms with Crippen LogP contribution in [-0.4, -0.2) is 39.6 Å². The van der Waals surface area contributed by atoms with Gasteiger partial charge >= 0.3 is 0 Å². The molecule has 4 heteroatoms. The largest absolute Gasteiger partial charge is 0.351 e. The SMILES string of the molecule is c1cn(C2CCCC2)c(NC2CCN3CCCC23)n1. The molecular weight excluding hydrogens is 236 g/mol. The standard InChI is InChI=1S/C15H24N4/c1-2-5-12(4-1)19-11-8-16-15(19)17-13-7-10-18-9-3-6-14(13)18/h8,11-14H,1-7,9-10H2,(H,16,17). The Morgan fingerprint density at radius 2 is 1.95 bits per heavy atom. The maximum absolute atomic E-state index is 4.57. The first-order valence-electron chi connectivity index (χ1n) is 7.95. The summed E-state index contributed by atoms with van der Waals surface area (Å²) in [5.41, 5.74) is 0. The second-order valence-electron chi connectivity index (χ2n) is 6.38. The number of hydrogen-bond donors (Lipinski definition) is 1. The lowest BCUT2D eigenvalue weighted by Gasteiger charge is -2.23. The molecule has 3 heterocycles. The topological polar surface area (TPSA) is 33.1 Å². The lowest BCUT2D eigenvalue weighted by atomic mass is 10.1. The van der Waals surface area contributed by atoms with Gasteiger partial charge in [0.25, 0.3) is 0 Å². The molecule has 0 spiro atoms. The van der Waals surface area contributed by atoms with E-state index in [1.807, 2.05) is 6.20 Å².